The van der Waals surface area contributed by atoms with Gasteiger partial charge in [0.2, 0.25) is 0 Å². The van der Waals surface area contributed by atoms with Crippen LogP contribution in [0.5, 0.6) is 0 Å². The Bertz CT molecular complexity index is 459. The Labute approximate surface area is 121 Å². The summed E-state index contributed by atoms with van der Waals surface area (Å²) in [6, 6.07) is 10.2. The molecule has 108 valence electrons. The van der Waals surface area contributed by atoms with E-state index in [1.54, 1.807) is 0 Å². The normalized spacial score (nSPS) is 19.4. The first-order valence-electron chi connectivity index (χ1n) is 7.35. The van der Waals surface area contributed by atoms with E-state index in [4.69, 9.17) is 4.84 Å². The Morgan fingerprint density at radius 1 is 1.40 bits per heavy atom. The standard InChI is InChI=1S/C17H24N2O/c1-13(2)17(16-7-5-4-6-8-16)19-20-14(3)11-15-9-10-18-12-15/h4-8,13,15,18H,3,9-12H2,1-2H3/b19-17+. The van der Waals surface area contributed by atoms with Gasteiger partial charge in [-0.05, 0) is 36.9 Å². The Kier molecular flexibility index (Phi) is 5.36. The van der Waals surface area contributed by atoms with Crippen LogP contribution in [0, 0.1) is 11.8 Å². The van der Waals surface area contributed by atoms with Crippen molar-refractivity contribution in [1.29, 1.82) is 0 Å². The third kappa shape index (κ3) is 4.20. The molecule has 1 aromatic rings. The van der Waals surface area contributed by atoms with E-state index in [1.807, 2.05) is 18.2 Å². The number of nitrogens with zero attached hydrogens (tertiary/aromatic N) is 1. The van der Waals surface area contributed by atoms with Gasteiger partial charge >= 0.3 is 0 Å². The molecule has 3 heteroatoms. The van der Waals surface area contributed by atoms with Crippen LogP contribution in [0.25, 0.3) is 0 Å². The largest absolute Gasteiger partial charge is 0.362 e. The summed E-state index contributed by atoms with van der Waals surface area (Å²) in [4.78, 5) is 5.55. The van der Waals surface area contributed by atoms with E-state index in [0.29, 0.717) is 11.8 Å². The maximum absolute atomic E-state index is 5.55. The summed E-state index contributed by atoms with van der Waals surface area (Å²) in [6.07, 6.45) is 2.08. The van der Waals surface area contributed by atoms with Crippen LogP contribution >= 0.6 is 0 Å². The molecule has 1 unspecified atom stereocenters. The van der Waals surface area contributed by atoms with Crippen molar-refractivity contribution >= 4 is 5.71 Å². The molecule has 0 aromatic heterocycles. The van der Waals surface area contributed by atoms with Gasteiger partial charge in [-0.25, -0.2) is 0 Å². The van der Waals surface area contributed by atoms with Crippen molar-refractivity contribution in [3.8, 4) is 0 Å². The average molecular weight is 272 g/mol. The SMILES string of the molecule is C=C(CC1CCNC1)O/N=C(/c1ccccc1)C(C)C. The van der Waals surface area contributed by atoms with Crippen molar-refractivity contribution in [2.75, 3.05) is 13.1 Å². The van der Waals surface area contributed by atoms with Crippen molar-refractivity contribution in [1.82, 2.24) is 5.32 Å². The number of nitrogens with one attached hydrogen (secondary N) is 1. The number of oxime groups is 1. The van der Waals surface area contributed by atoms with E-state index >= 15 is 0 Å². The maximum Gasteiger partial charge on any atom is 0.128 e. The van der Waals surface area contributed by atoms with Gasteiger partial charge in [-0.1, -0.05) is 55.9 Å². The van der Waals surface area contributed by atoms with Crippen LogP contribution < -0.4 is 5.32 Å². The van der Waals surface area contributed by atoms with Crippen LogP contribution in [-0.4, -0.2) is 18.8 Å². The van der Waals surface area contributed by atoms with Gasteiger partial charge < -0.3 is 10.2 Å². The van der Waals surface area contributed by atoms with Crippen LogP contribution in [0.1, 0.15) is 32.3 Å². The highest BCUT2D eigenvalue weighted by atomic mass is 16.6. The van der Waals surface area contributed by atoms with E-state index < -0.39 is 0 Å². The fourth-order valence-corrected chi connectivity index (χ4v) is 2.46. The summed E-state index contributed by atoms with van der Waals surface area (Å²) in [5, 5.41) is 7.69. The molecule has 1 aliphatic heterocycles. The molecule has 1 aliphatic rings. The third-order valence-corrected chi connectivity index (χ3v) is 3.57. The van der Waals surface area contributed by atoms with Crippen molar-refractivity contribution in [2.45, 2.75) is 26.7 Å². The molecule has 1 saturated heterocycles. The highest BCUT2D eigenvalue weighted by Crippen LogP contribution is 2.19. The lowest BCUT2D eigenvalue weighted by Gasteiger charge is -2.12. The molecule has 0 amide bonds. The predicted molar refractivity (Wildman–Crippen MR) is 83.6 cm³/mol. The molecule has 0 aliphatic carbocycles. The summed E-state index contributed by atoms with van der Waals surface area (Å²) >= 11 is 0. The number of benzene rings is 1. The topological polar surface area (TPSA) is 33.6 Å². The minimum Gasteiger partial charge on any atom is -0.362 e. The molecule has 1 aromatic carbocycles. The second-order valence-corrected chi connectivity index (χ2v) is 5.69. The number of hydrogen-bond donors (Lipinski definition) is 1. The van der Waals surface area contributed by atoms with Crippen molar-refractivity contribution in [3.63, 3.8) is 0 Å². The minimum absolute atomic E-state index is 0.318. The Morgan fingerprint density at radius 2 is 2.15 bits per heavy atom. The van der Waals surface area contributed by atoms with Crippen LogP contribution in [-0.2, 0) is 4.84 Å². The molecule has 2 rings (SSSR count). The van der Waals surface area contributed by atoms with E-state index in [2.05, 4.69) is 43.0 Å². The molecule has 0 bridgehead atoms. The van der Waals surface area contributed by atoms with Gasteiger partial charge in [0.1, 0.15) is 5.76 Å². The second-order valence-electron chi connectivity index (χ2n) is 5.69. The molecule has 0 radical (unpaired) electrons. The first kappa shape index (κ1) is 14.8. The van der Waals surface area contributed by atoms with Gasteiger partial charge in [0.25, 0.3) is 0 Å². The Morgan fingerprint density at radius 3 is 2.75 bits per heavy atom. The molecule has 1 heterocycles. The number of hydrogen-bond acceptors (Lipinski definition) is 3. The molecule has 1 N–H and O–H groups in total. The van der Waals surface area contributed by atoms with Gasteiger partial charge in [0.05, 0.1) is 5.71 Å². The summed E-state index contributed by atoms with van der Waals surface area (Å²) in [5.74, 6) is 1.71. The van der Waals surface area contributed by atoms with Gasteiger partial charge in [0.15, 0.2) is 0 Å². The van der Waals surface area contributed by atoms with Crippen molar-refractivity contribution < 1.29 is 4.84 Å². The van der Waals surface area contributed by atoms with E-state index in [-0.39, 0.29) is 0 Å². The molecule has 20 heavy (non-hydrogen) atoms. The number of rotatable bonds is 6. The average Bonchev–Trinajstić information content (AvgIpc) is 2.92. The van der Waals surface area contributed by atoms with Crippen molar-refractivity contribution in [2.24, 2.45) is 17.0 Å². The van der Waals surface area contributed by atoms with Gasteiger partial charge in [-0.3, -0.25) is 0 Å². The minimum atomic E-state index is 0.318. The zero-order valence-electron chi connectivity index (χ0n) is 12.4. The summed E-state index contributed by atoms with van der Waals surface area (Å²) in [7, 11) is 0. The van der Waals surface area contributed by atoms with Crippen LogP contribution in [0.4, 0.5) is 0 Å². The molecule has 3 nitrogen and oxygen atoms in total. The molecular weight excluding hydrogens is 248 g/mol. The lowest BCUT2D eigenvalue weighted by Crippen LogP contribution is -2.11. The molecule has 1 fully saturated rings. The fourth-order valence-electron chi connectivity index (χ4n) is 2.46. The summed E-state index contributed by atoms with van der Waals surface area (Å²) in [6.45, 7) is 10.4. The van der Waals surface area contributed by atoms with E-state index in [9.17, 15) is 0 Å². The highest BCUT2D eigenvalue weighted by molar-refractivity contribution is 6.01. The van der Waals surface area contributed by atoms with Gasteiger partial charge in [-0.15, -0.1) is 0 Å². The molecule has 0 saturated carbocycles. The number of allylic oxidation sites excluding steroid dienone is 1. The first-order valence-corrected chi connectivity index (χ1v) is 7.35. The fraction of sp³-hybridized carbons (Fsp3) is 0.471. The van der Waals surface area contributed by atoms with Gasteiger partial charge in [0, 0.05) is 6.42 Å². The second kappa shape index (κ2) is 7.25. The first-order chi connectivity index (χ1) is 9.66. The molecule has 0 spiro atoms. The predicted octanol–water partition coefficient (Wildman–Crippen LogP) is 3.58. The smallest absolute Gasteiger partial charge is 0.128 e. The summed E-state index contributed by atoms with van der Waals surface area (Å²) < 4.78 is 0. The third-order valence-electron chi connectivity index (χ3n) is 3.57. The van der Waals surface area contributed by atoms with Crippen molar-refractivity contribution in [3.05, 3.63) is 48.2 Å². The van der Waals surface area contributed by atoms with Crippen LogP contribution in [0.3, 0.4) is 0 Å². The monoisotopic (exact) mass is 272 g/mol. The Hall–Kier alpha value is -1.61. The maximum atomic E-state index is 5.55. The van der Waals surface area contributed by atoms with Gasteiger partial charge in [-0.2, -0.15) is 0 Å². The quantitative estimate of drug-likeness (QED) is 0.488. The van der Waals surface area contributed by atoms with E-state index in [0.717, 1.165) is 36.5 Å². The zero-order chi connectivity index (χ0) is 14.4. The summed E-state index contributed by atoms with van der Waals surface area (Å²) in [5.41, 5.74) is 2.08. The highest BCUT2D eigenvalue weighted by Gasteiger charge is 2.16. The Balaban J connectivity index is 1.97. The lowest BCUT2D eigenvalue weighted by molar-refractivity contribution is 0.206. The molecule has 1 atom stereocenters. The molecular formula is C17H24N2O. The zero-order valence-corrected chi connectivity index (χ0v) is 12.4. The van der Waals surface area contributed by atoms with Crippen LogP contribution in [0.15, 0.2) is 47.8 Å². The van der Waals surface area contributed by atoms with Crippen LogP contribution in [0.2, 0.25) is 0 Å². The lowest BCUT2D eigenvalue weighted by atomic mass is 10.0. The van der Waals surface area contributed by atoms with E-state index in [1.165, 1.54) is 6.42 Å².